The molecule has 0 spiro atoms. The molecule has 0 amide bonds. The average Bonchev–Trinajstić information content (AvgIpc) is 3.09. The lowest BCUT2D eigenvalue weighted by atomic mass is 10.2. The third-order valence-electron chi connectivity index (χ3n) is 3.93. The fourth-order valence-electron chi connectivity index (χ4n) is 2.58. The van der Waals surface area contributed by atoms with Crippen molar-refractivity contribution in [1.29, 1.82) is 0 Å². The maximum atomic E-state index is 5.46. The molecule has 1 aromatic rings. The van der Waals surface area contributed by atoms with Gasteiger partial charge in [0.25, 0.3) is 0 Å². The van der Waals surface area contributed by atoms with Gasteiger partial charge in [0.15, 0.2) is 17.5 Å². The highest BCUT2D eigenvalue weighted by Crippen LogP contribution is 2.40. The maximum absolute atomic E-state index is 5.46. The lowest BCUT2D eigenvalue weighted by molar-refractivity contribution is 0.173. The van der Waals surface area contributed by atoms with E-state index >= 15 is 0 Å². The first-order valence-corrected chi connectivity index (χ1v) is 9.71. The summed E-state index contributed by atoms with van der Waals surface area (Å²) in [6, 6.07) is 3.99. The number of likely N-dealkylation sites (N-methyl/N-ethyl adjacent to an activating group) is 1. The van der Waals surface area contributed by atoms with E-state index in [1.807, 2.05) is 12.1 Å². The van der Waals surface area contributed by atoms with Gasteiger partial charge in [0.2, 0.25) is 6.79 Å². The number of rotatable bonds is 10. The van der Waals surface area contributed by atoms with Gasteiger partial charge in [0, 0.05) is 39.9 Å². The van der Waals surface area contributed by atoms with Crippen LogP contribution in [-0.4, -0.2) is 64.6 Å². The van der Waals surface area contributed by atoms with Crippen LogP contribution in [0.1, 0.15) is 18.9 Å². The first-order chi connectivity index (χ1) is 12.6. The van der Waals surface area contributed by atoms with E-state index < -0.39 is 0 Å². The Morgan fingerprint density at radius 3 is 2.85 bits per heavy atom. The molecule has 0 bridgehead atoms. The molecule has 2 rings (SSSR count). The fraction of sp³-hybridized carbons (Fsp3) is 0.611. The number of fused-ring (bicyclic) bond motifs is 1. The molecule has 0 fully saturated rings. The van der Waals surface area contributed by atoms with Gasteiger partial charge in [-0.2, -0.15) is 0 Å². The molecule has 9 heteroatoms. The van der Waals surface area contributed by atoms with E-state index in [1.54, 1.807) is 7.11 Å². The standard InChI is InChI=1S/C18H29BrN4O3.HI/c1-4-20-18(21-6-8-23(2)7-5-9-24-3)22-12-14-10-15(19)17-16(11-14)25-13-26-17;/h10-11H,4-9,12-13H2,1-3H3,(H2,20,21,22);1H. The Morgan fingerprint density at radius 1 is 1.30 bits per heavy atom. The first-order valence-electron chi connectivity index (χ1n) is 8.91. The molecule has 27 heavy (non-hydrogen) atoms. The minimum atomic E-state index is 0. The van der Waals surface area contributed by atoms with E-state index in [1.165, 1.54) is 0 Å². The second kappa shape index (κ2) is 13.4. The van der Waals surface area contributed by atoms with Gasteiger partial charge in [0.1, 0.15) is 0 Å². The minimum absolute atomic E-state index is 0. The van der Waals surface area contributed by atoms with Crippen LogP contribution in [0.25, 0.3) is 0 Å². The number of hydrogen-bond acceptors (Lipinski definition) is 5. The van der Waals surface area contributed by atoms with Crippen LogP contribution in [0, 0.1) is 0 Å². The van der Waals surface area contributed by atoms with E-state index in [0.717, 1.165) is 66.7 Å². The van der Waals surface area contributed by atoms with Crippen molar-refractivity contribution in [1.82, 2.24) is 15.5 Å². The summed E-state index contributed by atoms with van der Waals surface area (Å²) >= 11 is 3.52. The summed E-state index contributed by atoms with van der Waals surface area (Å²) < 4.78 is 16.9. The second-order valence-corrected chi connectivity index (χ2v) is 6.94. The van der Waals surface area contributed by atoms with Crippen molar-refractivity contribution in [2.45, 2.75) is 19.9 Å². The Morgan fingerprint density at radius 2 is 2.11 bits per heavy atom. The van der Waals surface area contributed by atoms with Gasteiger partial charge in [-0.25, -0.2) is 4.99 Å². The zero-order valence-electron chi connectivity index (χ0n) is 16.2. The number of benzene rings is 1. The van der Waals surface area contributed by atoms with E-state index in [0.29, 0.717) is 6.54 Å². The molecule has 0 aliphatic carbocycles. The Bertz CT molecular complexity index is 604. The highest BCUT2D eigenvalue weighted by Gasteiger charge is 2.17. The molecule has 1 aliphatic heterocycles. The summed E-state index contributed by atoms with van der Waals surface area (Å²) in [5.41, 5.74) is 1.06. The molecule has 154 valence electrons. The summed E-state index contributed by atoms with van der Waals surface area (Å²) in [6.07, 6.45) is 1.04. The normalized spacial score (nSPS) is 12.9. The second-order valence-electron chi connectivity index (χ2n) is 6.08. The van der Waals surface area contributed by atoms with Crippen LogP contribution in [0.4, 0.5) is 0 Å². The maximum Gasteiger partial charge on any atom is 0.231 e. The SMILES string of the molecule is CCNC(=NCc1cc(Br)c2c(c1)OCO2)NCCN(C)CCCOC.I. The van der Waals surface area contributed by atoms with Crippen LogP contribution >= 0.6 is 39.9 Å². The van der Waals surface area contributed by atoms with Crippen LogP contribution in [-0.2, 0) is 11.3 Å². The quantitative estimate of drug-likeness (QED) is 0.200. The number of ether oxygens (including phenoxy) is 3. The zero-order chi connectivity index (χ0) is 18.8. The van der Waals surface area contributed by atoms with E-state index in [2.05, 4.69) is 50.4 Å². The molecular formula is C18H30BrIN4O3. The highest BCUT2D eigenvalue weighted by molar-refractivity contribution is 14.0. The van der Waals surface area contributed by atoms with Crippen molar-refractivity contribution in [2.24, 2.45) is 4.99 Å². The van der Waals surface area contributed by atoms with E-state index in [-0.39, 0.29) is 30.8 Å². The van der Waals surface area contributed by atoms with Crippen LogP contribution in [0.5, 0.6) is 11.5 Å². The number of guanidine groups is 1. The van der Waals surface area contributed by atoms with Gasteiger partial charge >= 0.3 is 0 Å². The van der Waals surface area contributed by atoms with Gasteiger partial charge in [-0.15, -0.1) is 24.0 Å². The number of hydrogen-bond donors (Lipinski definition) is 2. The Kier molecular flexibility index (Phi) is 12.0. The largest absolute Gasteiger partial charge is 0.454 e. The van der Waals surface area contributed by atoms with Gasteiger partial charge in [-0.1, -0.05) is 0 Å². The number of nitrogens with one attached hydrogen (secondary N) is 2. The van der Waals surface area contributed by atoms with Crippen LogP contribution in [0.15, 0.2) is 21.6 Å². The molecule has 1 heterocycles. The number of methoxy groups -OCH3 is 1. The average molecular weight is 557 g/mol. The number of nitrogens with zero attached hydrogens (tertiary/aromatic N) is 2. The molecule has 0 saturated carbocycles. The van der Waals surface area contributed by atoms with Crippen molar-refractivity contribution in [2.75, 3.05) is 53.7 Å². The first kappa shape index (κ1) is 24.3. The molecule has 1 aromatic carbocycles. The Balaban J connectivity index is 0.00000364. The summed E-state index contributed by atoms with van der Waals surface area (Å²) in [4.78, 5) is 6.94. The van der Waals surface area contributed by atoms with E-state index in [4.69, 9.17) is 14.2 Å². The predicted molar refractivity (Wildman–Crippen MR) is 122 cm³/mol. The molecule has 7 nitrogen and oxygen atoms in total. The lowest BCUT2D eigenvalue weighted by Gasteiger charge is -2.18. The van der Waals surface area contributed by atoms with Gasteiger partial charge in [-0.3, -0.25) is 0 Å². The fourth-order valence-corrected chi connectivity index (χ4v) is 3.18. The zero-order valence-corrected chi connectivity index (χ0v) is 20.1. The minimum Gasteiger partial charge on any atom is -0.454 e. The lowest BCUT2D eigenvalue weighted by Crippen LogP contribution is -2.41. The molecule has 0 atom stereocenters. The van der Waals surface area contributed by atoms with Crippen molar-refractivity contribution in [3.63, 3.8) is 0 Å². The summed E-state index contributed by atoms with van der Waals surface area (Å²) in [5, 5.41) is 6.66. The predicted octanol–water partition coefficient (Wildman–Crippen LogP) is 2.82. The molecule has 0 saturated heterocycles. The molecule has 0 unspecified atom stereocenters. The molecule has 2 N–H and O–H groups in total. The molecule has 0 aromatic heterocycles. The van der Waals surface area contributed by atoms with Crippen LogP contribution in [0.2, 0.25) is 0 Å². The summed E-state index contributed by atoms with van der Waals surface area (Å²) in [7, 11) is 3.85. The summed E-state index contributed by atoms with van der Waals surface area (Å²) in [6.45, 7) is 7.31. The van der Waals surface area contributed by atoms with Crippen molar-refractivity contribution in [3.05, 3.63) is 22.2 Å². The smallest absolute Gasteiger partial charge is 0.231 e. The van der Waals surface area contributed by atoms with Gasteiger partial charge in [0.05, 0.1) is 11.0 Å². The monoisotopic (exact) mass is 556 g/mol. The van der Waals surface area contributed by atoms with Crippen molar-refractivity contribution < 1.29 is 14.2 Å². The Labute approximate surface area is 187 Å². The third-order valence-corrected chi connectivity index (χ3v) is 4.51. The number of halogens is 2. The van der Waals surface area contributed by atoms with Crippen LogP contribution < -0.4 is 20.1 Å². The van der Waals surface area contributed by atoms with Crippen molar-refractivity contribution >= 4 is 45.9 Å². The van der Waals surface area contributed by atoms with E-state index in [9.17, 15) is 0 Å². The third kappa shape index (κ3) is 8.41. The molecule has 1 aliphatic rings. The van der Waals surface area contributed by atoms with Gasteiger partial charge < -0.3 is 29.7 Å². The Hall–Kier alpha value is -0.780. The summed E-state index contributed by atoms with van der Waals surface area (Å²) in [5.74, 6) is 2.34. The highest BCUT2D eigenvalue weighted by atomic mass is 127. The van der Waals surface area contributed by atoms with Crippen molar-refractivity contribution in [3.8, 4) is 11.5 Å². The number of aliphatic imine (C=N–C) groups is 1. The van der Waals surface area contributed by atoms with Gasteiger partial charge in [-0.05, 0) is 54.0 Å². The van der Waals surface area contributed by atoms with Crippen LogP contribution in [0.3, 0.4) is 0 Å². The molecule has 0 radical (unpaired) electrons. The topological polar surface area (TPSA) is 67.4 Å². The molecular weight excluding hydrogens is 527 g/mol.